The molecule has 19 nitrogen and oxygen atoms in total. The summed E-state index contributed by atoms with van der Waals surface area (Å²) >= 11 is 2.40. The number of ether oxygens (including phenoxy) is 2. The van der Waals surface area contributed by atoms with Crippen molar-refractivity contribution in [3.63, 3.8) is 0 Å². The van der Waals surface area contributed by atoms with Crippen molar-refractivity contribution < 1.29 is 43.3 Å². The van der Waals surface area contributed by atoms with E-state index in [0.717, 1.165) is 36.8 Å². The largest absolute Gasteiger partial charge is 0.449 e. The molecule has 4 aromatic rings. The van der Waals surface area contributed by atoms with E-state index >= 15 is 0 Å². The average molecular weight is 1020 g/mol. The fourth-order valence-corrected chi connectivity index (χ4v) is 8.56. The van der Waals surface area contributed by atoms with Crippen LogP contribution in [0.3, 0.4) is 0 Å². The van der Waals surface area contributed by atoms with E-state index in [-0.39, 0.29) is 37.8 Å². The summed E-state index contributed by atoms with van der Waals surface area (Å²) in [6, 6.07) is 14.4. The number of aromatic nitrogens is 2. The monoisotopic (exact) mass is 1020 g/mol. The molecule has 21 heteroatoms. The van der Waals surface area contributed by atoms with Gasteiger partial charge in [-0.15, -0.1) is 22.7 Å². The van der Waals surface area contributed by atoms with Gasteiger partial charge in [0, 0.05) is 30.9 Å². The number of rotatable bonds is 27. The van der Waals surface area contributed by atoms with Crippen LogP contribution < -0.4 is 31.9 Å². The molecule has 0 spiro atoms. The van der Waals surface area contributed by atoms with Crippen LogP contribution >= 0.6 is 22.7 Å². The van der Waals surface area contributed by atoms with Gasteiger partial charge in [-0.25, -0.2) is 29.1 Å². The molecular formula is C50H72N10O9S2. The molecule has 2 aromatic carbocycles. The number of nitrogens with one attached hydrogen (secondary N) is 6. The minimum absolute atomic E-state index is 0.0197. The van der Waals surface area contributed by atoms with Crippen molar-refractivity contribution >= 4 is 69.0 Å². The van der Waals surface area contributed by atoms with Gasteiger partial charge in [0.25, 0.3) is 0 Å². The fraction of sp³-hybridized carbons (Fsp3) is 0.520. The van der Waals surface area contributed by atoms with E-state index in [9.17, 15) is 33.9 Å². The zero-order valence-electron chi connectivity index (χ0n) is 42.1. The highest BCUT2D eigenvalue weighted by Gasteiger charge is 2.33. The van der Waals surface area contributed by atoms with Gasteiger partial charge in [-0.1, -0.05) is 115 Å². The van der Waals surface area contributed by atoms with E-state index in [2.05, 4.69) is 41.9 Å². The Morgan fingerprint density at radius 2 is 1.04 bits per heavy atom. The van der Waals surface area contributed by atoms with E-state index in [1.807, 2.05) is 88.4 Å². The molecule has 2 aromatic heterocycles. The highest BCUT2D eigenvalue weighted by Crippen LogP contribution is 2.20. The minimum atomic E-state index is -1.19. The van der Waals surface area contributed by atoms with Crippen LogP contribution in [0.15, 0.2) is 71.4 Å². The summed E-state index contributed by atoms with van der Waals surface area (Å²) in [5.74, 6) is -1.65. The molecule has 8 amide bonds. The number of carbonyl (C=O) groups excluding carboxylic acids is 6. The van der Waals surface area contributed by atoms with E-state index in [1.54, 1.807) is 38.7 Å². The first-order valence-electron chi connectivity index (χ1n) is 24.1. The second kappa shape index (κ2) is 29.8. The van der Waals surface area contributed by atoms with Crippen molar-refractivity contribution in [2.75, 3.05) is 37.9 Å². The summed E-state index contributed by atoms with van der Waals surface area (Å²) in [6.07, 6.45) is 1.46. The second-order valence-corrected chi connectivity index (χ2v) is 19.8. The Morgan fingerprint density at radius 1 is 0.620 bits per heavy atom. The summed E-state index contributed by atoms with van der Waals surface area (Å²) in [5, 5.41) is 33.3. The Morgan fingerprint density at radius 3 is 1.46 bits per heavy atom. The lowest BCUT2D eigenvalue weighted by molar-refractivity contribution is -0.126. The third-order valence-electron chi connectivity index (χ3n) is 11.2. The van der Waals surface area contributed by atoms with Gasteiger partial charge in [0.05, 0.1) is 49.8 Å². The van der Waals surface area contributed by atoms with Gasteiger partial charge in [0.15, 0.2) is 10.3 Å². The number of hydrogen-bond donors (Lipinski definition) is 7. The highest BCUT2D eigenvalue weighted by molar-refractivity contribution is 7.14. The molecule has 0 aliphatic rings. The third-order valence-corrected chi connectivity index (χ3v) is 12.8. The minimum Gasteiger partial charge on any atom is -0.449 e. The van der Waals surface area contributed by atoms with Gasteiger partial charge in [0.2, 0.25) is 11.8 Å². The summed E-state index contributed by atoms with van der Waals surface area (Å²) in [7, 11) is 3.15. The van der Waals surface area contributed by atoms with Crippen molar-refractivity contribution in [2.24, 2.45) is 11.8 Å². The fourth-order valence-electron chi connectivity index (χ4n) is 7.19. The van der Waals surface area contributed by atoms with Crippen LogP contribution in [0.1, 0.15) is 96.2 Å². The molecule has 0 radical (unpaired) electrons. The number of amides is 8. The Labute approximate surface area is 425 Å². The van der Waals surface area contributed by atoms with E-state index in [0.29, 0.717) is 41.3 Å². The number of benzene rings is 2. The van der Waals surface area contributed by atoms with Gasteiger partial charge in [-0.3, -0.25) is 20.2 Å². The summed E-state index contributed by atoms with van der Waals surface area (Å²) in [6.45, 7) is 12.0. The first kappa shape index (κ1) is 57.3. The topological polar surface area (TPSA) is 246 Å². The molecule has 0 bridgehead atoms. The first-order valence-corrected chi connectivity index (χ1v) is 25.9. The predicted molar refractivity (Wildman–Crippen MR) is 276 cm³/mol. The number of carbonyl (C=O) groups is 6. The smallest absolute Gasteiger partial charge is 0.413 e. The number of nitrogens with zero attached hydrogens (tertiary/aromatic N) is 4. The van der Waals surface area contributed by atoms with Crippen LogP contribution in [0.2, 0.25) is 0 Å². The molecule has 0 aliphatic carbocycles. The predicted octanol–water partition coefficient (Wildman–Crippen LogP) is 7.54. The average Bonchev–Trinajstić information content (AvgIpc) is 3.97. The molecule has 388 valence electrons. The summed E-state index contributed by atoms with van der Waals surface area (Å²) in [4.78, 5) is 91.4. The molecule has 0 saturated heterocycles. The normalized spacial score (nSPS) is 13.2. The zero-order chi connectivity index (χ0) is 51.9. The van der Waals surface area contributed by atoms with Crippen molar-refractivity contribution in [1.82, 2.24) is 41.0 Å². The molecule has 4 rings (SSSR count). The molecule has 7 N–H and O–H groups in total. The standard InChI is InChI=1S/C50H72N10O9S2/c1-9-11-23-68-49(66)57-45-52-37(30-70-45)28-59(7)47(64)55-41(32(3)4)43(62)51-36(25-34-19-15-13-16-20-34)27-40(61)39(26-35-21-17-14-18-22-35)54-44(63)42(33(5)6)56-48(65)60(8)29-38-31-71-46(53-38)58-50(67)69-24-12-10-2/h13-22,30-33,36,39-42,61H,9-12,23-29H2,1-8H3,(H,51,62)(H,54,63)(H,55,64)(H,56,65)(H,52,57,66)(H,53,58,67)/t36-,39-,40-,41-,42-/m0/s1. The Bertz CT molecular complexity index is 2280. The number of anilines is 2. The lowest BCUT2D eigenvalue weighted by Crippen LogP contribution is -2.58. The van der Waals surface area contributed by atoms with Gasteiger partial charge < -0.3 is 45.6 Å². The number of hydrogen-bond acceptors (Lipinski definition) is 13. The number of unbranched alkanes of at least 4 members (excludes halogenated alkanes) is 2. The number of thiazole rings is 2. The van der Waals surface area contributed by atoms with Crippen molar-refractivity contribution in [3.8, 4) is 0 Å². The molecule has 0 aliphatic heterocycles. The van der Waals surface area contributed by atoms with Gasteiger partial charge in [-0.2, -0.15) is 0 Å². The van der Waals surface area contributed by atoms with E-state index in [4.69, 9.17) is 9.47 Å². The van der Waals surface area contributed by atoms with E-state index in [1.165, 1.54) is 32.5 Å². The Balaban J connectivity index is 1.45. The lowest BCUT2D eigenvalue weighted by atomic mass is 9.92. The van der Waals surface area contributed by atoms with Gasteiger partial charge in [0.1, 0.15) is 12.1 Å². The molecule has 71 heavy (non-hydrogen) atoms. The van der Waals surface area contributed by atoms with Crippen molar-refractivity contribution in [1.29, 1.82) is 0 Å². The van der Waals surface area contributed by atoms with Crippen LogP contribution in [0.25, 0.3) is 0 Å². The maximum Gasteiger partial charge on any atom is 0.413 e. The summed E-state index contributed by atoms with van der Waals surface area (Å²) < 4.78 is 10.3. The maximum absolute atomic E-state index is 14.2. The SMILES string of the molecule is CCCCOC(=O)Nc1nc(CN(C)C(=O)N[C@H](C(=O)N[C@@H](Cc2ccccc2)C[C@H](O)[C@H](Cc2ccccc2)NC(=O)[C@@H](NC(=O)N(C)Cc2csc(NC(=O)OCCCC)n2)C(C)C)C(C)C)cs1. The van der Waals surface area contributed by atoms with Gasteiger partial charge >= 0.3 is 24.2 Å². The molecular weight excluding hydrogens is 949 g/mol. The molecule has 0 unspecified atom stereocenters. The highest BCUT2D eigenvalue weighted by atomic mass is 32.1. The number of urea groups is 2. The first-order chi connectivity index (χ1) is 34.0. The molecule has 0 fully saturated rings. The van der Waals surface area contributed by atoms with Crippen LogP contribution in [0.4, 0.5) is 29.4 Å². The Kier molecular flexibility index (Phi) is 24.0. The van der Waals surface area contributed by atoms with Gasteiger partial charge in [-0.05, 0) is 55.1 Å². The second-order valence-electron chi connectivity index (χ2n) is 18.1. The van der Waals surface area contributed by atoms with Crippen LogP contribution in [0.5, 0.6) is 0 Å². The van der Waals surface area contributed by atoms with Crippen LogP contribution in [-0.2, 0) is 45.0 Å². The number of aliphatic hydroxyl groups excluding tert-OH is 1. The van der Waals surface area contributed by atoms with E-state index < -0.39 is 66.3 Å². The lowest BCUT2D eigenvalue weighted by Gasteiger charge is -2.32. The molecule has 2 heterocycles. The number of aliphatic hydroxyl groups is 1. The summed E-state index contributed by atoms with van der Waals surface area (Å²) in [5.41, 5.74) is 2.80. The van der Waals surface area contributed by atoms with Crippen molar-refractivity contribution in [2.45, 2.75) is 130 Å². The quantitative estimate of drug-likeness (QED) is 0.0288. The maximum atomic E-state index is 14.2. The third kappa shape index (κ3) is 20.1. The van der Waals surface area contributed by atoms with Crippen LogP contribution in [0, 0.1) is 11.8 Å². The van der Waals surface area contributed by atoms with Crippen LogP contribution in [-0.4, -0.2) is 119 Å². The zero-order valence-corrected chi connectivity index (χ0v) is 43.7. The van der Waals surface area contributed by atoms with Crippen molar-refractivity contribution in [3.05, 3.63) is 93.9 Å². The molecule has 5 atom stereocenters. The molecule has 0 saturated carbocycles. The Hall–Kier alpha value is -6.32.